The van der Waals surface area contributed by atoms with Gasteiger partial charge in [-0.15, -0.1) is 16.8 Å². The van der Waals surface area contributed by atoms with E-state index in [-0.39, 0.29) is 17.6 Å². The van der Waals surface area contributed by atoms with Gasteiger partial charge in [0.05, 0.1) is 24.6 Å². The number of rotatable bonds is 10. The van der Waals surface area contributed by atoms with Crippen molar-refractivity contribution in [3.63, 3.8) is 0 Å². The van der Waals surface area contributed by atoms with Gasteiger partial charge in [-0.05, 0) is 43.3 Å². The molecule has 0 saturated carbocycles. The summed E-state index contributed by atoms with van der Waals surface area (Å²) in [5.41, 5.74) is 0.919. The van der Waals surface area contributed by atoms with Gasteiger partial charge < -0.3 is 19.9 Å². The number of carbonyl (C=O) groups excluding carboxylic acids is 2. The third kappa shape index (κ3) is 6.53. The summed E-state index contributed by atoms with van der Waals surface area (Å²) in [7, 11) is 1.51. The summed E-state index contributed by atoms with van der Waals surface area (Å²) >= 11 is 13.2. The van der Waals surface area contributed by atoms with Crippen molar-refractivity contribution in [3.8, 4) is 5.75 Å². The minimum atomic E-state index is -0.446. The zero-order valence-electron chi connectivity index (χ0n) is 18.5. The topological polar surface area (TPSA) is 98.1 Å². The van der Waals surface area contributed by atoms with Crippen molar-refractivity contribution in [2.45, 2.75) is 24.7 Å². The largest absolute Gasteiger partial charge is 0.495 e. The fourth-order valence-corrected chi connectivity index (χ4v) is 4.21. The van der Waals surface area contributed by atoms with E-state index in [0.717, 1.165) is 0 Å². The highest BCUT2D eigenvalue weighted by Gasteiger charge is 2.21. The van der Waals surface area contributed by atoms with E-state index in [4.69, 9.17) is 27.9 Å². The highest BCUT2D eigenvalue weighted by atomic mass is 35.5. The zero-order valence-corrected chi connectivity index (χ0v) is 20.9. The van der Waals surface area contributed by atoms with Crippen LogP contribution >= 0.6 is 35.0 Å². The first-order valence-electron chi connectivity index (χ1n) is 10.2. The SMILES string of the molecule is C=CCn1c(SCC(=O)Nc2cc(Cl)ccc2OC)nnc1[C@@H](C)NC(=O)c1cccc(Cl)c1. The molecule has 0 radical (unpaired) electrons. The maximum absolute atomic E-state index is 12.6. The number of nitrogens with zero attached hydrogens (tertiary/aromatic N) is 3. The summed E-state index contributed by atoms with van der Waals surface area (Å²) in [4.78, 5) is 25.1. The standard InChI is InChI=1S/C23H23Cl2N5O3S/c1-4-10-30-21(14(2)26-22(32)15-6-5-7-16(24)11-15)28-29-23(30)34-13-20(31)27-18-12-17(25)8-9-19(18)33-3/h4-9,11-12,14H,1,10,13H2,2-3H3,(H,26,32)(H,27,31)/t14-/m1/s1. The Balaban J connectivity index is 1.68. The molecule has 8 nitrogen and oxygen atoms in total. The van der Waals surface area contributed by atoms with E-state index in [1.165, 1.54) is 18.9 Å². The second-order valence-electron chi connectivity index (χ2n) is 7.13. The molecule has 34 heavy (non-hydrogen) atoms. The third-order valence-electron chi connectivity index (χ3n) is 4.65. The van der Waals surface area contributed by atoms with Crippen molar-refractivity contribution < 1.29 is 14.3 Å². The van der Waals surface area contributed by atoms with Crippen molar-refractivity contribution >= 4 is 52.5 Å². The van der Waals surface area contributed by atoms with Gasteiger partial charge in [-0.2, -0.15) is 0 Å². The first-order chi connectivity index (χ1) is 16.3. The average Bonchev–Trinajstić information content (AvgIpc) is 3.21. The molecule has 2 amide bonds. The van der Waals surface area contributed by atoms with Gasteiger partial charge >= 0.3 is 0 Å². The predicted molar refractivity (Wildman–Crippen MR) is 135 cm³/mol. The number of ether oxygens (including phenoxy) is 1. The Kier molecular flexibility index (Phi) is 8.98. The van der Waals surface area contributed by atoms with Crippen molar-refractivity contribution in [3.05, 3.63) is 76.6 Å². The summed E-state index contributed by atoms with van der Waals surface area (Å²) < 4.78 is 7.05. The second kappa shape index (κ2) is 11.9. The second-order valence-corrected chi connectivity index (χ2v) is 8.94. The molecule has 0 aliphatic carbocycles. The molecule has 0 spiro atoms. The van der Waals surface area contributed by atoms with Crippen LogP contribution in [0.15, 0.2) is 60.3 Å². The number of thioether (sulfide) groups is 1. The Labute approximate surface area is 211 Å². The first kappa shape index (κ1) is 25.6. The Hall–Kier alpha value is -3.01. The van der Waals surface area contributed by atoms with Crippen LogP contribution in [0.4, 0.5) is 5.69 Å². The summed E-state index contributed by atoms with van der Waals surface area (Å²) in [6.45, 7) is 5.99. The van der Waals surface area contributed by atoms with Crippen LogP contribution in [0.25, 0.3) is 0 Å². The molecular weight excluding hydrogens is 497 g/mol. The molecule has 2 aromatic carbocycles. The third-order valence-corrected chi connectivity index (χ3v) is 6.08. The summed E-state index contributed by atoms with van der Waals surface area (Å²) in [5.74, 6) is 0.572. The van der Waals surface area contributed by atoms with Gasteiger partial charge in [-0.3, -0.25) is 9.59 Å². The number of benzene rings is 2. The molecule has 11 heteroatoms. The molecule has 1 heterocycles. The molecule has 0 unspecified atom stereocenters. The number of hydrogen-bond acceptors (Lipinski definition) is 6. The van der Waals surface area contributed by atoms with Crippen LogP contribution in [0.2, 0.25) is 10.0 Å². The number of aromatic nitrogens is 3. The fraction of sp³-hybridized carbons (Fsp3) is 0.217. The lowest BCUT2D eigenvalue weighted by atomic mass is 10.2. The quantitative estimate of drug-likeness (QED) is 0.288. The van der Waals surface area contributed by atoms with Gasteiger partial charge in [-0.1, -0.05) is 47.1 Å². The Morgan fingerprint density at radius 2 is 1.97 bits per heavy atom. The lowest BCUT2D eigenvalue weighted by molar-refractivity contribution is -0.113. The minimum Gasteiger partial charge on any atom is -0.495 e. The molecule has 3 rings (SSSR count). The lowest BCUT2D eigenvalue weighted by Crippen LogP contribution is -2.28. The van der Waals surface area contributed by atoms with Crippen LogP contribution in [0.1, 0.15) is 29.1 Å². The average molecular weight is 520 g/mol. The predicted octanol–water partition coefficient (Wildman–Crippen LogP) is 5.00. The molecule has 2 N–H and O–H groups in total. The van der Waals surface area contributed by atoms with Gasteiger partial charge in [0.25, 0.3) is 5.91 Å². The number of amides is 2. The normalized spacial score (nSPS) is 11.5. The van der Waals surface area contributed by atoms with Crippen LogP contribution in [0.5, 0.6) is 5.75 Å². The molecule has 3 aromatic rings. The molecule has 1 atom stereocenters. The molecule has 0 bridgehead atoms. The number of halogens is 2. The maximum atomic E-state index is 12.6. The number of allylic oxidation sites excluding steroid dienone is 1. The van der Waals surface area contributed by atoms with Crippen molar-refractivity contribution in [2.75, 3.05) is 18.2 Å². The summed E-state index contributed by atoms with van der Waals surface area (Å²) in [6, 6.07) is 11.2. The highest BCUT2D eigenvalue weighted by molar-refractivity contribution is 7.99. The van der Waals surface area contributed by atoms with E-state index < -0.39 is 6.04 Å². The lowest BCUT2D eigenvalue weighted by Gasteiger charge is -2.15. The Morgan fingerprint density at radius 1 is 1.21 bits per heavy atom. The van der Waals surface area contributed by atoms with E-state index in [2.05, 4.69) is 27.4 Å². The van der Waals surface area contributed by atoms with Crippen LogP contribution in [0.3, 0.4) is 0 Å². The van der Waals surface area contributed by atoms with E-state index in [1.54, 1.807) is 60.0 Å². The van der Waals surface area contributed by atoms with E-state index in [1.807, 2.05) is 0 Å². The zero-order chi connectivity index (χ0) is 24.7. The van der Waals surface area contributed by atoms with Crippen LogP contribution in [-0.4, -0.2) is 39.4 Å². The number of hydrogen-bond donors (Lipinski definition) is 2. The Bertz CT molecular complexity index is 1200. The smallest absolute Gasteiger partial charge is 0.251 e. The van der Waals surface area contributed by atoms with Crippen LogP contribution in [-0.2, 0) is 11.3 Å². The van der Waals surface area contributed by atoms with Gasteiger partial charge in [0.1, 0.15) is 5.75 Å². The summed E-state index contributed by atoms with van der Waals surface area (Å²) in [6.07, 6.45) is 1.69. The Morgan fingerprint density at radius 3 is 2.68 bits per heavy atom. The van der Waals surface area contributed by atoms with Gasteiger partial charge in [-0.25, -0.2) is 0 Å². The van der Waals surface area contributed by atoms with Crippen molar-refractivity contribution in [1.29, 1.82) is 0 Å². The fourth-order valence-electron chi connectivity index (χ4n) is 3.10. The molecule has 0 saturated heterocycles. The highest BCUT2D eigenvalue weighted by Crippen LogP contribution is 2.28. The number of methoxy groups -OCH3 is 1. The molecule has 178 valence electrons. The molecule has 0 aliphatic rings. The van der Waals surface area contributed by atoms with Gasteiger partial charge in [0.15, 0.2) is 11.0 Å². The van der Waals surface area contributed by atoms with Gasteiger partial charge in [0.2, 0.25) is 5.91 Å². The van der Waals surface area contributed by atoms with Crippen molar-refractivity contribution in [1.82, 2.24) is 20.1 Å². The monoisotopic (exact) mass is 519 g/mol. The van der Waals surface area contributed by atoms with Gasteiger partial charge in [0, 0.05) is 22.2 Å². The number of nitrogens with one attached hydrogen (secondary N) is 2. The molecule has 0 aliphatic heterocycles. The number of carbonyl (C=O) groups is 2. The van der Waals surface area contributed by atoms with E-state index >= 15 is 0 Å². The molecular formula is C23H23Cl2N5O3S. The van der Waals surface area contributed by atoms with E-state index in [9.17, 15) is 9.59 Å². The molecule has 1 aromatic heterocycles. The number of anilines is 1. The van der Waals surface area contributed by atoms with E-state index in [0.29, 0.717) is 44.6 Å². The van der Waals surface area contributed by atoms with Crippen LogP contribution < -0.4 is 15.4 Å². The van der Waals surface area contributed by atoms with Crippen molar-refractivity contribution in [2.24, 2.45) is 0 Å². The minimum absolute atomic E-state index is 0.0776. The molecule has 0 fully saturated rings. The summed E-state index contributed by atoms with van der Waals surface area (Å²) in [5, 5.41) is 15.6. The van der Waals surface area contributed by atoms with Crippen LogP contribution in [0, 0.1) is 0 Å². The maximum Gasteiger partial charge on any atom is 0.251 e. The first-order valence-corrected chi connectivity index (χ1v) is 11.9.